The fourth-order valence-corrected chi connectivity index (χ4v) is 1.25. The summed E-state index contributed by atoms with van der Waals surface area (Å²) >= 11 is 0. The Hall–Kier alpha value is -1.49. The first-order chi connectivity index (χ1) is 6.74. The van der Waals surface area contributed by atoms with Crippen LogP contribution in [0.1, 0.15) is 24.0 Å². The molecule has 0 aromatic heterocycles. The molecule has 0 heterocycles. The highest BCUT2D eigenvalue weighted by atomic mass is 14.9. The standard InChI is InChI=1S/C12H16N2/c1-10-5-6-12(9-11(10)2)14-8-4-3-7-13/h5-6,9,14H,3-4,8H2,1-2H3. The van der Waals surface area contributed by atoms with Gasteiger partial charge >= 0.3 is 0 Å². The number of nitrogens with one attached hydrogen (secondary N) is 1. The third-order valence-electron chi connectivity index (χ3n) is 2.30. The first-order valence-electron chi connectivity index (χ1n) is 4.92. The van der Waals surface area contributed by atoms with Crippen molar-refractivity contribution in [2.45, 2.75) is 26.7 Å². The van der Waals surface area contributed by atoms with Crippen LogP contribution in [0.15, 0.2) is 18.2 Å². The zero-order valence-corrected chi connectivity index (χ0v) is 8.80. The summed E-state index contributed by atoms with van der Waals surface area (Å²) in [5, 5.41) is 11.7. The molecule has 2 heteroatoms. The number of hydrogen-bond donors (Lipinski definition) is 1. The van der Waals surface area contributed by atoms with E-state index in [1.807, 2.05) is 0 Å². The molecule has 1 aromatic rings. The van der Waals surface area contributed by atoms with Gasteiger partial charge in [0.1, 0.15) is 0 Å². The number of anilines is 1. The van der Waals surface area contributed by atoms with Crippen LogP contribution in [-0.2, 0) is 0 Å². The quantitative estimate of drug-likeness (QED) is 0.737. The smallest absolute Gasteiger partial charge is 0.0622 e. The second kappa shape index (κ2) is 5.29. The van der Waals surface area contributed by atoms with E-state index in [1.54, 1.807) is 0 Å². The monoisotopic (exact) mass is 188 g/mol. The van der Waals surface area contributed by atoms with Gasteiger partial charge in [-0.15, -0.1) is 0 Å². The Morgan fingerprint density at radius 3 is 2.71 bits per heavy atom. The molecule has 0 fully saturated rings. The topological polar surface area (TPSA) is 35.8 Å². The zero-order valence-electron chi connectivity index (χ0n) is 8.80. The maximum Gasteiger partial charge on any atom is 0.0622 e. The number of unbranched alkanes of at least 4 members (excludes halogenated alkanes) is 1. The lowest BCUT2D eigenvalue weighted by Gasteiger charge is -2.07. The van der Waals surface area contributed by atoms with Crippen molar-refractivity contribution in [3.8, 4) is 6.07 Å². The lowest BCUT2D eigenvalue weighted by atomic mass is 10.1. The molecule has 1 N–H and O–H groups in total. The molecular weight excluding hydrogens is 172 g/mol. The predicted molar refractivity (Wildman–Crippen MR) is 59.3 cm³/mol. The highest BCUT2D eigenvalue weighted by Gasteiger charge is 1.94. The molecule has 0 amide bonds. The van der Waals surface area contributed by atoms with Crippen LogP contribution < -0.4 is 5.32 Å². The van der Waals surface area contributed by atoms with Crippen LogP contribution in [0.2, 0.25) is 0 Å². The van der Waals surface area contributed by atoms with Gasteiger partial charge in [-0.1, -0.05) is 6.07 Å². The van der Waals surface area contributed by atoms with Crippen LogP contribution in [0.4, 0.5) is 5.69 Å². The van der Waals surface area contributed by atoms with Crippen molar-refractivity contribution in [3.05, 3.63) is 29.3 Å². The molecule has 0 atom stereocenters. The van der Waals surface area contributed by atoms with Crippen molar-refractivity contribution in [3.63, 3.8) is 0 Å². The maximum absolute atomic E-state index is 8.37. The molecule has 1 aromatic carbocycles. The van der Waals surface area contributed by atoms with Gasteiger partial charge in [-0.2, -0.15) is 5.26 Å². The van der Waals surface area contributed by atoms with E-state index in [9.17, 15) is 0 Å². The summed E-state index contributed by atoms with van der Waals surface area (Å²) in [4.78, 5) is 0. The Kier molecular flexibility index (Phi) is 4.00. The van der Waals surface area contributed by atoms with Crippen molar-refractivity contribution in [2.75, 3.05) is 11.9 Å². The van der Waals surface area contributed by atoms with Gasteiger partial charge in [0.05, 0.1) is 6.07 Å². The third kappa shape index (κ3) is 3.10. The molecule has 0 aliphatic rings. The van der Waals surface area contributed by atoms with E-state index >= 15 is 0 Å². The van der Waals surface area contributed by atoms with E-state index in [4.69, 9.17) is 5.26 Å². The van der Waals surface area contributed by atoms with Crippen LogP contribution in [-0.4, -0.2) is 6.54 Å². The first kappa shape index (κ1) is 10.6. The van der Waals surface area contributed by atoms with Gasteiger partial charge in [-0.05, 0) is 43.5 Å². The van der Waals surface area contributed by atoms with E-state index in [2.05, 4.69) is 43.4 Å². The van der Waals surface area contributed by atoms with Gasteiger partial charge in [0.15, 0.2) is 0 Å². The largest absolute Gasteiger partial charge is 0.385 e. The summed E-state index contributed by atoms with van der Waals surface area (Å²) in [6, 6.07) is 8.47. The average molecular weight is 188 g/mol. The SMILES string of the molecule is Cc1ccc(NCCCC#N)cc1C. The van der Waals surface area contributed by atoms with Crippen LogP contribution in [0, 0.1) is 25.2 Å². The van der Waals surface area contributed by atoms with E-state index in [0.29, 0.717) is 6.42 Å². The molecule has 0 aliphatic heterocycles. The Bertz CT molecular complexity index is 337. The Labute approximate surface area is 85.6 Å². The minimum Gasteiger partial charge on any atom is -0.385 e. The molecule has 14 heavy (non-hydrogen) atoms. The predicted octanol–water partition coefficient (Wildman–Crippen LogP) is 3.02. The second-order valence-electron chi connectivity index (χ2n) is 3.49. The van der Waals surface area contributed by atoms with Gasteiger partial charge in [0.25, 0.3) is 0 Å². The Balaban J connectivity index is 2.44. The van der Waals surface area contributed by atoms with Gasteiger partial charge in [-0.3, -0.25) is 0 Å². The fraction of sp³-hybridized carbons (Fsp3) is 0.417. The summed E-state index contributed by atoms with van der Waals surface area (Å²) in [6.45, 7) is 5.08. The number of benzene rings is 1. The molecule has 0 spiro atoms. The summed E-state index contributed by atoms with van der Waals surface area (Å²) in [6.07, 6.45) is 1.53. The molecular formula is C12H16N2. The molecule has 74 valence electrons. The van der Waals surface area contributed by atoms with Crippen molar-refractivity contribution in [1.29, 1.82) is 5.26 Å². The van der Waals surface area contributed by atoms with Gasteiger partial charge in [-0.25, -0.2) is 0 Å². The zero-order chi connectivity index (χ0) is 10.4. The molecule has 2 nitrogen and oxygen atoms in total. The van der Waals surface area contributed by atoms with E-state index in [1.165, 1.54) is 11.1 Å². The Morgan fingerprint density at radius 1 is 1.29 bits per heavy atom. The molecule has 0 saturated carbocycles. The van der Waals surface area contributed by atoms with Crippen molar-refractivity contribution < 1.29 is 0 Å². The average Bonchev–Trinajstić information content (AvgIpc) is 2.18. The minimum atomic E-state index is 0.623. The highest BCUT2D eigenvalue weighted by Crippen LogP contribution is 2.13. The molecule has 0 aliphatic carbocycles. The molecule has 0 bridgehead atoms. The van der Waals surface area contributed by atoms with Crippen LogP contribution in [0.25, 0.3) is 0 Å². The molecule has 0 saturated heterocycles. The molecule has 1 rings (SSSR count). The Morgan fingerprint density at radius 2 is 2.07 bits per heavy atom. The lowest BCUT2D eigenvalue weighted by Crippen LogP contribution is -2.01. The van der Waals surface area contributed by atoms with Gasteiger partial charge in [0, 0.05) is 18.7 Å². The number of nitriles is 1. The second-order valence-corrected chi connectivity index (χ2v) is 3.49. The third-order valence-corrected chi connectivity index (χ3v) is 2.30. The summed E-state index contributed by atoms with van der Waals surface area (Å²) in [5.74, 6) is 0. The number of nitrogens with zero attached hydrogens (tertiary/aromatic N) is 1. The summed E-state index contributed by atoms with van der Waals surface area (Å²) < 4.78 is 0. The maximum atomic E-state index is 8.37. The summed E-state index contributed by atoms with van der Waals surface area (Å²) in [7, 11) is 0. The van der Waals surface area contributed by atoms with E-state index < -0.39 is 0 Å². The molecule has 0 radical (unpaired) electrons. The lowest BCUT2D eigenvalue weighted by molar-refractivity contribution is 0.897. The van der Waals surface area contributed by atoms with Crippen LogP contribution >= 0.6 is 0 Å². The first-order valence-corrected chi connectivity index (χ1v) is 4.92. The van der Waals surface area contributed by atoms with Gasteiger partial charge < -0.3 is 5.32 Å². The summed E-state index contributed by atoms with van der Waals surface area (Å²) in [5.41, 5.74) is 3.76. The normalized spacial score (nSPS) is 9.50. The van der Waals surface area contributed by atoms with Crippen LogP contribution in [0.5, 0.6) is 0 Å². The van der Waals surface area contributed by atoms with Crippen molar-refractivity contribution in [2.24, 2.45) is 0 Å². The fourth-order valence-electron chi connectivity index (χ4n) is 1.25. The van der Waals surface area contributed by atoms with E-state index in [0.717, 1.165) is 18.7 Å². The number of hydrogen-bond acceptors (Lipinski definition) is 2. The van der Waals surface area contributed by atoms with Gasteiger partial charge in [0.2, 0.25) is 0 Å². The number of aryl methyl sites for hydroxylation is 2. The number of rotatable bonds is 4. The molecule has 0 unspecified atom stereocenters. The highest BCUT2D eigenvalue weighted by molar-refractivity contribution is 5.47. The minimum absolute atomic E-state index is 0.623. The van der Waals surface area contributed by atoms with Crippen molar-refractivity contribution in [1.82, 2.24) is 0 Å². The van der Waals surface area contributed by atoms with Crippen molar-refractivity contribution >= 4 is 5.69 Å². The van der Waals surface area contributed by atoms with E-state index in [-0.39, 0.29) is 0 Å². The van der Waals surface area contributed by atoms with Crippen LogP contribution in [0.3, 0.4) is 0 Å².